The molecule has 0 aliphatic rings. The number of benzene rings is 1. The minimum atomic E-state index is -0.739. The molecule has 3 N–H and O–H groups in total. The first-order chi connectivity index (χ1) is 6.61. The molecule has 0 aliphatic heterocycles. The van der Waals surface area contributed by atoms with E-state index in [4.69, 9.17) is 5.21 Å². The van der Waals surface area contributed by atoms with Crippen molar-refractivity contribution >= 4 is 11.6 Å². The number of carbonyl (C=O) groups is 1. The van der Waals surface area contributed by atoms with E-state index in [9.17, 15) is 13.6 Å². The molecule has 14 heavy (non-hydrogen) atoms. The van der Waals surface area contributed by atoms with Crippen LogP contribution in [0, 0.1) is 11.6 Å². The summed E-state index contributed by atoms with van der Waals surface area (Å²) in [6, 6.07) is 2.79. The number of hydroxylamine groups is 1. The summed E-state index contributed by atoms with van der Waals surface area (Å²) >= 11 is 0. The van der Waals surface area contributed by atoms with Gasteiger partial charge < -0.3 is 5.32 Å². The number of anilines is 1. The van der Waals surface area contributed by atoms with Crippen LogP contribution in [0.25, 0.3) is 0 Å². The second-order valence-corrected chi connectivity index (χ2v) is 2.55. The maximum atomic E-state index is 12.6. The molecule has 0 spiro atoms. The van der Waals surface area contributed by atoms with Crippen molar-refractivity contribution in [3.8, 4) is 0 Å². The van der Waals surface area contributed by atoms with Crippen molar-refractivity contribution < 1.29 is 18.8 Å². The van der Waals surface area contributed by atoms with E-state index in [0.29, 0.717) is 0 Å². The van der Waals surface area contributed by atoms with Crippen LogP contribution >= 0.6 is 0 Å². The van der Waals surface area contributed by atoms with Crippen molar-refractivity contribution in [3.63, 3.8) is 0 Å². The van der Waals surface area contributed by atoms with Crippen LogP contribution in [0.1, 0.15) is 0 Å². The van der Waals surface area contributed by atoms with Crippen molar-refractivity contribution in [1.29, 1.82) is 0 Å². The van der Waals surface area contributed by atoms with Crippen LogP contribution in [-0.4, -0.2) is 17.7 Å². The van der Waals surface area contributed by atoms with E-state index in [1.165, 1.54) is 5.48 Å². The Kier molecular flexibility index (Phi) is 3.35. The molecule has 0 heterocycles. The third kappa shape index (κ3) is 2.98. The largest absolute Gasteiger partial charge is 0.376 e. The van der Waals surface area contributed by atoms with Crippen LogP contribution in [0.4, 0.5) is 14.5 Å². The van der Waals surface area contributed by atoms with Gasteiger partial charge in [0.25, 0.3) is 5.91 Å². The molecule has 0 saturated heterocycles. The van der Waals surface area contributed by atoms with Crippen molar-refractivity contribution in [2.75, 3.05) is 11.9 Å². The Morgan fingerprint density at radius 3 is 2.36 bits per heavy atom. The maximum Gasteiger partial charge on any atom is 0.262 e. The third-order valence-electron chi connectivity index (χ3n) is 1.44. The lowest BCUT2D eigenvalue weighted by molar-refractivity contribution is -0.127. The Hall–Kier alpha value is -1.69. The lowest BCUT2D eigenvalue weighted by Gasteiger charge is -2.04. The molecule has 4 nitrogen and oxygen atoms in total. The number of hydrogen-bond acceptors (Lipinski definition) is 3. The molecule has 0 atom stereocenters. The first-order valence-electron chi connectivity index (χ1n) is 3.74. The lowest BCUT2D eigenvalue weighted by Crippen LogP contribution is -2.26. The van der Waals surface area contributed by atoms with Crippen LogP contribution in [0.3, 0.4) is 0 Å². The molecule has 0 saturated carbocycles. The van der Waals surface area contributed by atoms with Crippen LogP contribution in [0.2, 0.25) is 0 Å². The van der Waals surface area contributed by atoms with E-state index >= 15 is 0 Å². The third-order valence-corrected chi connectivity index (χ3v) is 1.44. The normalized spacial score (nSPS) is 9.64. The number of carbonyl (C=O) groups excluding carboxylic acids is 1. The SMILES string of the molecule is O=C(CNc1cc(F)cc(F)c1)NO. The molecule has 1 amide bonds. The molecule has 1 aromatic carbocycles. The highest BCUT2D eigenvalue weighted by atomic mass is 19.1. The smallest absolute Gasteiger partial charge is 0.262 e. The fourth-order valence-electron chi connectivity index (χ4n) is 0.878. The maximum absolute atomic E-state index is 12.6. The summed E-state index contributed by atoms with van der Waals surface area (Å²) in [5.74, 6) is -2.18. The second-order valence-electron chi connectivity index (χ2n) is 2.55. The molecule has 0 fully saturated rings. The number of hydrogen-bond donors (Lipinski definition) is 3. The van der Waals surface area contributed by atoms with E-state index in [0.717, 1.165) is 18.2 Å². The van der Waals surface area contributed by atoms with Crippen LogP contribution in [-0.2, 0) is 4.79 Å². The molecule has 0 aromatic heterocycles. The van der Waals surface area contributed by atoms with Crippen molar-refractivity contribution in [1.82, 2.24) is 5.48 Å². The van der Waals surface area contributed by atoms with Crippen molar-refractivity contribution in [2.24, 2.45) is 0 Å². The predicted octanol–water partition coefficient (Wildman–Crippen LogP) is 0.882. The van der Waals surface area contributed by atoms with Gasteiger partial charge in [0.05, 0.1) is 6.54 Å². The summed E-state index contributed by atoms with van der Waals surface area (Å²) in [5, 5.41) is 10.6. The molecule has 0 aliphatic carbocycles. The molecular formula is C8H8F2N2O2. The average Bonchev–Trinajstić information content (AvgIpc) is 2.12. The van der Waals surface area contributed by atoms with E-state index < -0.39 is 17.5 Å². The zero-order valence-electron chi connectivity index (χ0n) is 7.05. The zero-order valence-corrected chi connectivity index (χ0v) is 7.05. The minimum Gasteiger partial charge on any atom is -0.376 e. The minimum absolute atomic E-state index is 0.131. The van der Waals surface area contributed by atoms with Gasteiger partial charge in [0.2, 0.25) is 0 Å². The summed E-state index contributed by atoms with van der Waals surface area (Å²) in [4.78, 5) is 10.5. The van der Waals surface area contributed by atoms with Gasteiger partial charge in [-0.2, -0.15) is 0 Å². The van der Waals surface area contributed by atoms with E-state index in [1.807, 2.05) is 0 Å². The van der Waals surface area contributed by atoms with Gasteiger partial charge >= 0.3 is 0 Å². The number of amides is 1. The molecule has 0 unspecified atom stereocenters. The van der Waals surface area contributed by atoms with E-state index in [1.54, 1.807) is 0 Å². The van der Waals surface area contributed by atoms with Gasteiger partial charge in [-0.1, -0.05) is 0 Å². The molecule has 76 valence electrons. The van der Waals surface area contributed by atoms with Gasteiger partial charge in [0.15, 0.2) is 0 Å². The lowest BCUT2D eigenvalue weighted by atomic mass is 10.3. The monoisotopic (exact) mass is 202 g/mol. The summed E-state index contributed by atoms with van der Waals surface area (Å²) in [7, 11) is 0. The van der Waals surface area contributed by atoms with Gasteiger partial charge in [-0.3, -0.25) is 10.0 Å². The van der Waals surface area contributed by atoms with Crippen molar-refractivity contribution in [2.45, 2.75) is 0 Å². The van der Waals surface area contributed by atoms with Gasteiger partial charge in [-0.05, 0) is 12.1 Å². The number of nitrogens with one attached hydrogen (secondary N) is 2. The van der Waals surface area contributed by atoms with Gasteiger partial charge in [-0.15, -0.1) is 0 Å². The summed E-state index contributed by atoms with van der Waals surface area (Å²) in [6.45, 7) is -0.264. The summed E-state index contributed by atoms with van der Waals surface area (Å²) in [5.41, 5.74) is 1.51. The van der Waals surface area contributed by atoms with Gasteiger partial charge in [0, 0.05) is 11.8 Å². The Bertz CT molecular complexity index is 324. The Balaban J connectivity index is 2.63. The summed E-state index contributed by atoms with van der Waals surface area (Å²) < 4.78 is 25.2. The summed E-state index contributed by atoms with van der Waals surface area (Å²) in [6.07, 6.45) is 0. The van der Waals surface area contributed by atoms with Crippen molar-refractivity contribution in [3.05, 3.63) is 29.8 Å². The average molecular weight is 202 g/mol. The molecule has 6 heteroatoms. The molecule has 0 radical (unpaired) electrons. The van der Waals surface area contributed by atoms with Gasteiger partial charge in [0.1, 0.15) is 11.6 Å². The highest BCUT2D eigenvalue weighted by Gasteiger charge is 2.02. The topological polar surface area (TPSA) is 61.4 Å². The van der Waals surface area contributed by atoms with Gasteiger partial charge in [-0.25, -0.2) is 14.3 Å². The fourth-order valence-corrected chi connectivity index (χ4v) is 0.878. The molecular weight excluding hydrogens is 194 g/mol. The Morgan fingerprint density at radius 2 is 1.86 bits per heavy atom. The fraction of sp³-hybridized carbons (Fsp3) is 0.125. The Labute approximate surface area is 78.5 Å². The first-order valence-corrected chi connectivity index (χ1v) is 3.74. The van der Waals surface area contributed by atoms with Crippen LogP contribution in [0.15, 0.2) is 18.2 Å². The van der Waals surface area contributed by atoms with E-state index in [2.05, 4.69) is 5.32 Å². The molecule has 1 rings (SSSR count). The first kappa shape index (κ1) is 10.4. The second kappa shape index (κ2) is 4.52. The molecule has 1 aromatic rings. The quantitative estimate of drug-likeness (QED) is 0.503. The van der Waals surface area contributed by atoms with Crippen LogP contribution in [0.5, 0.6) is 0 Å². The van der Waals surface area contributed by atoms with E-state index in [-0.39, 0.29) is 12.2 Å². The highest BCUT2D eigenvalue weighted by Crippen LogP contribution is 2.12. The van der Waals surface area contributed by atoms with Crippen LogP contribution < -0.4 is 10.8 Å². The molecule has 0 bridgehead atoms. The Morgan fingerprint density at radius 1 is 1.29 bits per heavy atom. The number of rotatable bonds is 3. The zero-order chi connectivity index (χ0) is 10.6. The number of halogens is 2. The highest BCUT2D eigenvalue weighted by molar-refractivity contribution is 5.79. The predicted molar refractivity (Wildman–Crippen MR) is 44.8 cm³/mol. The standard InChI is InChI=1S/C8H8F2N2O2/c9-5-1-6(10)3-7(2-5)11-4-8(13)12-14/h1-3,11,14H,4H2,(H,12,13).